The zero-order valence-electron chi connectivity index (χ0n) is 17.0. The SMILES string of the molecule is O=C(O)C(=O)NOCC1CCC(c2cccc(CSc3nc4ccccc4s3)c2)CC1. The number of nitrogens with zero attached hydrogens (tertiary/aromatic N) is 1. The van der Waals surface area contributed by atoms with Crippen molar-refractivity contribution in [3.05, 3.63) is 59.7 Å². The molecule has 0 unspecified atom stereocenters. The molecule has 0 bridgehead atoms. The van der Waals surface area contributed by atoms with Gasteiger partial charge in [-0.25, -0.2) is 15.3 Å². The van der Waals surface area contributed by atoms with Gasteiger partial charge in [0.15, 0.2) is 4.34 Å². The van der Waals surface area contributed by atoms with Crippen LogP contribution in [0.2, 0.25) is 0 Å². The van der Waals surface area contributed by atoms with Crippen LogP contribution in [0.4, 0.5) is 0 Å². The molecule has 1 aliphatic carbocycles. The van der Waals surface area contributed by atoms with E-state index < -0.39 is 11.9 Å². The maximum Gasteiger partial charge on any atom is 0.396 e. The summed E-state index contributed by atoms with van der Waals surface area (Å²) < 4.78 is 2.32. The van der Waals surface area contributed by atoms with Gasteiger partial charge < -0.3 is 5.11 Å². The first-order valence-electron chi connectivity index (χ1n) is 10.3. The summed E-state index contributed by atoms with van der Waals surface area (Å²) in [4.78, 5) is 31.3. The summed E-state index contributed by atoms with van der Waals surface area (Å²) in [6.45, 7) is 0.352. The second-order valence-electron chi connectivity index (χ2n) is 7.75. The van der Waals surface area contributed by atoms with Crippen molar-refractivity contribution >= 4 is 45.2 Å². The van der Waals surface area contributed by atoms with E-state index in [1.165, 1.54) is 15.8 Å². The number of carboxylic acids is 1. The van der Waals surface area contributed by atoms with Crippen LogP contribution in [-0.4, -0.2) is 28.6 Å². The number of rotatable bonds is 7. The van der Waals surface area contributed by atoms with Gasteiger partial charge in [-0.1, -0.05) is 48.2 Å². The largest absolute Gasteiger partial charge is 0.474 e. The van der Waals surface area contributed by atoms with E-state index in [9.17, 15) is 9.59 Å². The van der Waals surface area contributed by atoms with E-state index in [1.54, 1.807) is 23.1 Å². The lowest BCUT2D eigenvalue weighted by atomic mass is 9.79. The van der Waals surface area contributed by atoms with Gasteiger partial charge in [-0.15, -0.1) is 11.3 Å². The Kier molecular flexibility index (Phi) is 7.21. The normalized spacial score (nSPS) is 18.7. The van der Waals surface area contributed by atoms with Gasteiger partial charge in [-0.2, -0.15) is 0 Å². The van der Waals surface area contributed by atoms with Crippen LogP contribution in [0.15, 0.2) is 52.9 Å². The molecule has 0 radical (unpaired) electrons. The van der Waals surface area contributed by atoms with Crippen LogP contribution >= 0.6 is 23.1 Å². The average Bonchev–Trinajstić information content (AvgIpc) is 3.21. The number of thioether (sulfide) groups is 1. The van der Waals surface area contributed by atoms with Gasteiger partial charge in [0.05, 0.1) is 16.8 Å². The van der Waals surface area contributed by atoms with Crippen molar-refractivity contribution < 1.29 is 19.5 Å². The Labute approximate surface area is 189 Å². The van der Waals surface area contributed by atoms with Crippen molar-refractivity contribution in [3.8, 4) is 0 Å². The quantitative estimate of drug-likeness (QED) is 0.296. The fourth-order valence-corrected chi connectivity index (χ4v) is 5.94. The van der Waals surface area contributed by atoms with Gasteiger partial charge in [-0.05, 0) is 60.8 Å². The maximum atomic E-state index is 11.0. The molecule has 0 saturated heterocycles. The van der Waals surface area contributed by atoms with E-state index in [2.05, 4.69) is 36.4 Å². The van der Waals surface area contributed by atoms with Crippen LogP contribution in [-0.2, 0) is 20.2 Å². The Bertz CT molecular complexity index is 1030. The molecule has 1 fully saturated rings. The van der Waals surface area contributed by atoms with E-state index in [4.69, 9.17) is 14.9 Å². The Morgan fingerprint density at radius 2 is 1.94 bits per heavy atom. The number of carbonyl (C=O) groups excluding carboxylic acids is 1. The molecular formula is C23H24N2O4S2. The van der Waals surface area contributed by atoms with Gasteiger partial charge >= 0.3 is 11.9 Å². The van der Waals surface area contributed by atoms with E-state index in [0.717, 1.165) is 41.3 Å². The van der Waals surface area contributed by atoms with Crippen molar-refractivity contribution in [3.63, 3.8) is 0 Å². The summed E-state index contributed by atoms with van der Waals surface area (Å²) in [6.07, 6.45) is 4.13. The number of amides is 1. The fourth-order valence-electron chi connectivity index (χ4n) is 3.93. The van der Waals surface area contributed by atoms with Crippen LogP contribution < -0.4 is 5.48 Å². The minimum absolute atomic E-state index is 0.336. The number of aromatic nitrogens is 1. The predicted octanol–water partition coefficient (Wildman–Crippen LogP) is 4.99. The third-order valence-corrected chi connectivity index (χ3v) is 7.83. The molecule has 4 rings (SSSR count). The molecule has 0 spiro atoms. The lowest BCUT2D eigenvalue weighted by Gasteiger charge is -2.28. The van der Waals surface area contributed by atoms with Crippen molar-refractivity contribution in [2.24, 2.45) is 5.92 Å². The summed E-state index contributed by atoms with van der Waals surface area (Å²) >= 11 is 3.52. The molecule has 1 aliphatic rings. The van der Waals surface area contributed by atoms with Gasteiger partial charge in [-0.3, -0.25) is 9.63 Å². The molecule has 1 saturated carbocycles. The molecule has 1 amide bonds. The zero-order valence-corrected chi connectivity index (χ0v) is 18.6. The Morgan fingerprint density at radius 1 is 1.13 bits per heavy atom. The molecule has 6 nitrogen and oxygen atoms in total. The molecule has 8 heteroatoms. The number of carbonyl (C=O) groups is 2. The van der Waals surface area contributed by atoms with Crippen LogP contribution in [0.5, 0.6) is 0 Å². The number of para-hydroxylation sites is 1. The third kappa shape index (κ3) is 5.84. The molecule has 2 aromatic carbocycles. The average molecular weight is 457 g/mol. The van der Waals surface area contributed by atoms with Gasteiger partial charge in [0.1, 0.15) is 0 Å². The van der Waals surface area contributed by atoms with Crippen molar-refractivity contribution in [2.45, 2.75) is 41.7 Å². The number of hydroxylamine groups is 1. The minimum atomic E-state index is -1.54. The maximum absolute atomic E-state index is 11.0. The summed E-state index contributed by atoms with van der Waals surface area (Å²) in [5, 5.41) is 8.54. The highest BCUT2D eigenvalue weighted by molar-refractivity contribution is 8.00. The van der Waals surface area contributed by atoms with Crippen molar-refractivity contribution in [1.29, 1.82) is 0 Å². The second-order valence-corrected chi connectivity index (χ2v) is 10.00. The smallest absolute Gasteiger partial charge is 0.396 e. The Balaban J connectivity index is 1.26. The van der Waals surface area contributed by atoms with Gasteiger partial charge in [0, 0.05) is 5.75 Å². The number of carboxylic acid groups (broad SMARTS) is 1. The molecule has 31 heavy (non-hydrogen) atoms. The van der Waals surface area contributed by atoms with E-state index in [0.29, 0.717) is 18.4 Å². The number of nitrogens with one attached hydrogen (secondary N) is 1. The van der Waals surface area contributed by atoms with E-state index >= 15 is 0 Å². The molecule has 0 atom stereocenters. The van der Waals surface area contributed by atoms with Crippen LogP contribution in [0.3, 0.4) is 0 Å². The van der Waals surface area contributed by atoms with Crippen LogP contribution in [0, 0.1) is 5.92 Å². The van der Waals surface area contributed by atoms with Crippen molar-refractivity contribution in [2.75, 3.05) is 6.61 Å². The Morgan fingerprint density at radius 3 is 2.71 bits per heavy atom. The second kappa shape index (κ2) is 10.3. The topological polar surface area (TPSA) is 88.5 Å². The summed E-state index contributed by atoms with van der Waals surface area (Å²) in [7, 11) is 0. The summed E-state index contributed by atoms with van der Waals surface area (Å²) in [5.74, 6) is -0.903. The predicted molar refractivity (Wildman–Crippen MR) is 122 cm³/mol. The number of fused-ring (bicyclic) bond motifs is 1. The molecule has 3 aromatic rings. The highest BCUT2D eigenvalue weighted by Gasteiger charge is 2.23. The van der Waals surface area contributed by atoms with E-state index in [1.807, 2.05) is 17.6 Å². The summed E-state index contributed by atoms with van der Waals surface area (Å²) in [5.41, 5.74) is 5.72. The first-order chi connectivity index (χ1) is 15.1. The zero-order chi connectivity index (χ0) is 21.6. The molecule has 0 aliphatic heterocycles. The molecule has 1 aromatic heterocycles. The molecule has 1 heterocycles. The number of thiazole rings is 1. The van der Waals surface area contributed by atoms with E-state index in [-0.39, 0.29) is 0 Å². The number of aliphatic carboxylic acids is 1. The fraction of sp³-hybridized carbons (Fsp3) is 0.348. The molecule has 2 N–H and O–H groups in total. The number of hydrogen-bond acceptors (Lipinski definition) is 6. The lowest BCUT2D eigenvalue weighted by Crippen LogP contribution is -2.32. The third-order valence-electron chi connectivity index (χ3n) is 5.58. The highest BCUT2D eigenvalue weighted by atomic mass is 32.2. The minimum Gasteiger partial charge on any atom is -0.474 e. The summed E-state index contributed by atoms with van der Waals surface area (Å²) in [6, 6.07) is 17.1. The molecule has 162 valence electrons. The van der Waals surface area contributed by atoms with Crippen LogP contribution in [0.25, 0.3) is 10.2 Å². The lowest BCUT2D eigenvalue weighted by molar-refractivity contribution is -0.157. The monoisotopic (exact) mass is 456 g/mol. The highest BCUT2D eigenvalue weighted by Crippen LogP contribution is 2.37. The van der Waals surface area contributed by atoms with Crippen molar-refractivity contribution in [1.82, 2.24) is 10.5 Å². The van der Waals surface area contributed by atoms with Crippen LogP contribution in [0.1, 0.15) is 42.7 Å². The van der Waals surface area contributed by atoms with Gasteiger partial charge in [0.2, 0.25) is 0 Å². The number of hydrogen-bond donors (Lipinski definition) is 2. The standard InChI is InChI=1S/C23H24N2O4S2/c26-21(22(27)28)25-29-13-15-8-10-17(11-9-15)18-5-3-4-16(12-18)14-30-23-24-19-6-1-2-7-20(19)31-23/h1-7,12,15,17H,8-11,13-14H2,(H,25,26)(H,27,28). The number of benzene rings is 2. The molecular weight excluding hydrogens is 432 g/mol. The van der Waals surface area contributed by atoms with Gasteiger partial charge in [0.25, 0.3) is 0 Å². The first kappa shape index (κ1) is 21.8. The first-order valence-corrected chi connectivity index (χ1v) is 12.1. The Hall–Kier alpha value is -2.42.